The first-order valence-corrected chi connectivity index (χ1v) is 20.3. The van der Waals surface area contributed by atoms with Gasteiger partial charge in [0, 0.05) is 16.9 Å². The average Bonchev–Trinajstić information content (AvgIpc) is 3.30. The lowest BCUT2D eigenvalue weighted by Gasteiger charge is -2.30. The third kappa shape index (κ3) is 6.71. The van der Waals surface area contributed by atoms with E-state index in [0.29, 0.717) is 5.92 Å². The van der Waals surface area contributed by atoms with Crippen molar-refractivity contribution in [3.05, 3.63) is 236 Å². The Bertz CT molecular complexity index is 2950. The molecule has 1 unspecified atom stereocenters. The minimum absolute atomic E-state index is 0.437. The molecule has 0 heterocycles. The number of fused-ring (bicyclic) bond motifs is 3. The zero-order valence-corrected chi connectivity index (χ0v) is 32.6. The normalized spacial score (nSPS) is 13.9. The van der Waals surface area contributed by atoms with Crippen LogP contribution in [0.2, 0.25) is 0 Å². The lowest BCUT2D eigenvalue weighted by molar-refractivity contribution is 0.742. The van der Waals surface area contributed by atoms with E-state index in [2.05, 4.69) is 236 Å². The van der Waals surface area contributed by atoms with Crippen LogP contribution in [-0.4, -0.2) is 0 Å². The summed E-state index contributed by atoms with van der Waals surface area (Å²) < 4.78 is 0. The zero-order valence-electron chi connectivity index (χ0n) is 32.6. The van der Waals surface area contributed by atoms with Crippen LogP contribution in [0.25, 0.3) is 66.1 Å². The summed E-state index contributed by atoms with van der Waals surface area (Å²) in [4.78, 5) is 2.43. The second-order valence-corrected chi connectivity index (χ2v) is 15.4. The van der Waals surface area contributed by atoms with Gasteiger partial charge in [0.05, 0.1) is 5.69 Å². The quantitative estimate of drug-likeness (QED) is 0.140. The average molecular weight is 742 g/mol. The van der Waals surface area contributed by atoms with Gasteiger partial charge in [-0.05, 0) is 120 Å². The summed E-state index contributed by atoms with van der Waals surface area (Å²) in [6, 6.07) is 77.3. The molecular formula is C57H43N. The van der Waals surface area contributed by atoms with Gasteiger partial charge in [-0.25, -0.2) is 0 Å². The van der Waals surface area contributed by atoms with Crippen molar-refractivity contribution in [3.8, 4) is 33.4 Å². The number of allylic oxidation sites excluding steroid dienone is 4. The number of hydrogen-bond acceptors (Lipinski definition) is 1. The van der Waals surface area contributed by atoms with E-state index in [1.807, 2.05) is 0 Å². The van der Waals surface area contributed by atoms with Crippen LogP contribution >= 0.6 is 0 Å². The molecule has 9 aromatic carbocycles. The van der Waals surface area contributed by atoms with Crippen LogP contribution in [0, 0.1) is 5.92 Å². The third-order valence-corrected chi connectivity index (χ3v) is 11.6. The number of nitrogens with zero attached hydrogens (tertiary/aromatic N) is 1. The molecule has 1 aliphatic rings. The molecule has 58 heavy (non-hydrogen) atoms. The van der Waals surface area contributed by atoms with E-state index in [1.165, 1.54) is 77.2 Å². The van der Waals surface area contributed by atoms with Crippen LogP contribution in [-0.2, 0) is 0 Å². The smallest absolute Gasteiger partial charge is 0.0540 e. The lowest BCUT2D eigenvalue weighted by Crippen LogP contribution is -2.13. The molecule has 1 nitrogen and oxygen atoms in total. The highest BCUT2D eigenvalue weighted by Crippen LogP contribution is 2.45. The highest BCUT2D eigenvalue weighted by Gasteiger charge is 2.23. The van der Waals surface area contributed by atoms with Gasteiger partial charge in [0.1, 0.15) is 0 Å². The van der Waals surface area contributed by atoms with Crippen LogP contribution in [0.15, 0.2) is 224 Å². The SMILES string of the molecule is CC1C=C(c2ccccc2N(c2ccc(-c3cccc(-c4ccccc4)c3)cc2)c2ccc(-c3cccc4c3ccc3ccccc34)cc2)C(c2ccccc2)=CC1. The molecule has 0 amide bonds. The third-order valence-electron chi connectivity index (χ3n) is 11.6. The van der Waals surface area contributed by atoms with Crippen LogP contribution in [0.5, 0.6) is 0 Å². The molecule has 0 aliphatic heterocycles. The molecular weight excluding hydrogens is 699 g/mol. The first-order valence-electron chi connectivity index (χ1n) is 20.3. The molecule has 9 aromatic rings. The second-order valence-electron chi connectivity index (χ2n) is 15.4. The van der Waals surface area contributed by atoms with Crippen LogP contribution in [0.1, 0.15) is 24.5 Å². The van der Waals surface area contributed by atoms with E-state index < -0.39 is 0 Å². The van der Waals surface area contributed by atoms with E-state index in [1.54, 1.807) is 0 Å². The van der Waals surface area contributed by atoms with Crippen LogP contribution < -0.4 is 4.90 Å². The molecule has 0 spiro atoms. The maximum absolute atomic E-state index is 2.47. The largest absolute Gasteiger partial charge is 0.310 e. The second kappa shape index (κ2) is 15.4. The van der Waals surface area contributed by atoms with Gasteiger partial charge in [-0.3, -0.25) is 0 Å². The topological polar surface area (TPSA) is 3.24 Å². The van der Waals surface area contributed by atoms with Crippen molar-refractivity contribution in [2.24, 2.45) is 5.92 Å². The highest BCUT2D eigenvalue weighted by atomic mass is 15.1. The molecule has 0 saturated heterocycles. The number of para-hydroxylation sites is 1. The van der Waals surface area contributed by atoms with Crippen molar-refractivity contribution in [3.63, 3.8) is 0 Å². The van der Waals surface area contributed by atoms with Crippen molar-refractivity contribution in [2.75, 3.05) is 4.90 Å². The molecule has 0 aromatic heterocycles. The maximum atomic E-state index is 2.47. The molecule has 0 bridgehead atoms. The van der Waals surface area contributed by atoms with E-state index in [9.17, 15) is 0 Å². The first kappa shape index (κ1) is 35.2. The lowest BCUT2D eigenvalue weighted by atomic mass is 9.83. The standard InChI is InChI=1S/C57H43N/c1-40-26-36-52(43-16-6-3-7-17-43)56(38-40)55-22-10-11-25-57(55)58(48-32-27-42(28-33-48)47-20-12-19-46(39-47)41-14-4-2-5-15-41)49-34-29-45(30-35-49)51-23-13-24-53-50-21-9-8-18-44(50)31-37-54(51)53/h2-25,27-40H,26H2,1H3. The van der Waals surface area contributed by atoms with Gasteiger partial charge in [-0.15, -0.1) is 0 Å². The monoisotopic (exact) mass is 741 g/mol. The maximum Gasteiger partial charge on any atom is 0.0540 e. The Labute approximate surface area is 341 Å². The van der Waals surface area contributed by atoms with Gasteiger partial charge in [-0.1, -0.05) is 195 Å². The van der Waals surface area contributed by atoms with Crippen molar-refractivity contribution in [1.29, 1.82) is 0 Å². The minimum Gasteiger partial charge on any atom is -0.310 e. The molecule has 1 atom stereocenters. The van der Waals surface area contributed by atoms with Gasteiger partial charge in [0.2, 0.25) is 0 Å². The fourth-order valence-electron chi connectivity index (χ4n) is 8.70. The van der Waals surface area contributed by atoms with Crippen molar-refractivity contribution in [1.82, 2.24) is 0 Å². The Morgan fingerprint density at radius 1 is 0.379 bits per heavy atom. The Hall–Kier alpha value is -7.22. The summed E-state index contributed by atoms with van der Waals surface area (Å²) >= 11 is 0. The van der Waals surface area contributed by atoms with Gasteiger partial charge >= 0.3 is 0 Å². The van der Waals surface area contributed by atoms with E-state index in [4.69, 9.17) is 0 Å². The number of anilines is 3. The zero-order chi connectivity index (χ0) is 38.8. The Balaban J connectivity index is 1.09. The molecule has 0 N–H and O–H groups in total. The summed E-state index contributed by atoms with van der Waals surface area (Å²) in [5.41, 5.74) is 15.7. The van der Waals surface area contributed by atoms with Crippen molar-refractivity contribution >= 4 is 49.8 Å². The number of benzene rings is 9. The summed E-state index contributed by atoms with van der Waals surface area (Å²) in [6.07, 6.45) is 5.92. The Kier molecular flexibility index (Phi) is 9.33. The van der Waals surface area contributed by atoms with Gasteiger partial charge in [-0.2, -0.15) is 0 Å². The number of hydrogen-bond donors (Lipinski definition) is 0. The Morgan fingerprint density at radius 3 is 1.67 bits per heavy atom. The summed E-state index contributed by atoms with van der Waals surface area (Å²) in [5.74, 6) is 0.437. The molecule has 276 valence electrons. The van der Waals surface area contributed by atoms with Gasteiger partial charge in [0.15, 0.2) is 0 Å². The molecule has 10 rings (SSSR count). The van der Waals surface area contributed by atoms with Gasteiger partial charge in [0.25, 0.3) is 0 Å². The van der Waals surface area contributed by atoms with Gasteiger partial charge < -0.3 is 4.90 Å². The molecule has 0 fully saturated rings. The van der Waals surface area contributed by atoms with E-state index in [0.717, 1.165) is 23.5 Å². The fourth-order valence-corrected chi connectivity index (χ4v) is 8.70. The first-order chi connectivity index (χ1) is 28.7. The predicted octanol–water partition coefficient (Wildman–Crippen LogP) is 16.0. The Morgan fingerprint density at radius 2 is 0.931 bits per heavy atom. The molecule has 1 aliphatic carbocycles. The fraction of sp³-hybridized carbons (Fsp3) is 0.0526. The highest BCUT2D eigenvalue weighted by molar-refractivity contribution is 6.12. The number of rotatable bonds is 8. The molecule has 0 saturated carbocycles. The van der Waals surface area contributed by atoms with E-state index >= 15 is 0 Å². The van der Waals surface area contributed by atoms with Crippen molar-refractivity contribution in [2.45, 2.75) is 13.3 Å². The summed E-state index contributed by atoms with van der Waals surface area (Å²) in [7, 11) is 0. The summed E-state index contributed by atoms with van der Waals surface area (Å²) in [5, 5.41) is 5.09. The van der Waals surface area contributed by atoms with Crippen LogP contribution in [0.4, 0.5) is 17.1 Å². The summed E-state index contributed by atoms with van der Waals surface area (Å²) in [6.45, 7) is 2.32. The van der Waals surface area contributed by atoms with Crippen molar-refractivity contribution < 1.29 is 0 Å². The predicted molar refractivity (Wildman–Crippen MR) is 249 cm³/mol. The van der Waals surface area contributed by atoms with E-state index in [-0.39, 0.29) is 0 Å². The minimum atomic E-state index is 0.437. The van der Waals surface area contributed by atoms with Crippen LogP contribution in [0.3, 0.4) is 0 Å². The molecule has 0 radical (unpaired) electrons. The molecule has 1 heteroatoms.